The van der Waals surface area contributed by atoms with Crippen LogP contribution in [0.3, 0.4) is 0 Å². The van der Waals surface area contributed by atoms with Crippen LogP contribution in [-0.4, -0.2) is 49.2 Å². The number of piperidine rings is 1. The van der Waals surface area contributed by atoms with Gasteiger partial charge >= 0.3 is 5.97 Å². The van der Waals surface area contributed by atoms with Crippen LogP contribution in [0.4, 0.5) is 5.69 Å². The van der Waals surface area contributed by atoms with Crippen LogP contribution in [0, 0.1) is 11.3 Å². The first-order valence-corrected chi connectivity index (χ1v) is 6.71. The fourth-order valence-corrected chi connectivity index (χ4v) is 2.65. The number of aromatic carboxylic acids is 1. The number of carboxylic acids is 1. The molecule has 1 fully saturated rings. The molecule has 20 heavy (non-hydrogen) atoms. The predicted octanol–water partition coefficient (Wildman–Crippen LogP) is 1.79. The highest BCUT2D eigenvalue weighted by atomic mass is 16.4. The van der Waals surface area contributed by atoms with Gasteiger partial charge in [0.05, 0.1) is 16.8 Å². The van der Waals surface area contributed by atoms with E-state index in [1.165, 1.54) is 6.07 Å². The van der Waals surface area contributed by atoms with E-state index >= 15 is 0 Å². The van der Waals surface area contributed by atoms with Crippen molar-refractivity contribution in [2.75, 3.05) is 32.1 Å². The van der Waals surface area contributed by atoms with Crippen LogP contribution < -0.4 is 4.90 Å². The van der Waals surface area contributed by atoms with E-state index in [0.717, 1.165) is 31.6 Å². The van der Waals surface area contributed by atoms with Crippen molar-refractivity contribution in [3.63, 3.8) is 0 Å². The normalized spacial score (nSPS) is 16.6. The number of anilines is 1. The summed E-state index contributed by atoms with van der Waals surface area (Å²) in [5.41, 5.74) is 1.39. The second-order valence-electron chi connectivity index (χ2n) is 5.29. The lowest BCUT2D eigenvalue weighted by molar-refractivity contribution is 0.0697. The van der Waals surface area contributed by atoms with E-state index in [1.807, 2.05) is 7.05 Å². The number of nitriles is 1. The van der Waals surface area contributed by atoms with Crippen LogP contribution >= 0.6 is 0 Å². The highest BCUT2D eigenvalue weighted by Crippen LogP contribution is 2.26. The first kappa shape index (κ1) is 14.4. The van der Waals surface area contributed by atoms with E-state index in [0.29, 0.717) is 11.6 Å². The van der Waals surface area contributed by atoms with Gasteiger partial charge < -0.3 is 14.9 Å². The van der Waals surface area contributed by atoms with Gasteiger partial charge in [0.15, 0.2) is 0 Å². The Kier molecular flexibility index (Phi) is 4.26. The van der Waals surface area contributed by atoms with Crippen molar-refractivity contribution in [1.82, 2.24) is 4.90 Å². The summed E-state index contributed by atoms with van der Waals surface area (Å²) < 4.78 is 0. The van der Waals surface area contributed by atoms with Crippen LogP contribution in [0.25, 0.3) is 0 Å². The van der Waals surface area contributed by atoms with Gasteiger partial charge in [-0.25, -0.2) is 4.79 Å². The number of carbonyl (C=O) groups is 1. The van der Waals surface area contributed by atoms with Gasteiger partial charge in [-0.1, -0.05) is 0 Å². The fraction of sp³-hybridized carbons (Fsp3) is 0.467. The molecule has 1 N–H and O–H groups in total. The fourth-order valence-electron chi connectivity index (χ4n) is 2.65. The molecule has 2 rings (SSSR count). The molecule has 0 spiro atoms. The van der Waals surface area contributed by atoms with Crippen LogP contribution in [0.15, 0.2) is 18.2 Å². The molecule has 0 aromatic heterocycles. The van der Waals surface area contributed by atoms with Crippen LogP contribution in [0.2, 0.25) is 0 Å². The van der Waals surface area contributed by atoms with Crippen molar-refractivity contribution in [1.29, 1.82) is 5.26 Å². The maximum Gasteiger partial charge on any atom is 0.335 e. The Morgan fingerprint density at radius 3 is 2.65 bits per heavy atom. The zero-order valence-corrected chi connectivity index (χ0v) is 11.8. The highest BCUT2D eigenvalue weighted by molar-refractivity contribution is 5.89. The van der Waals surface area contributed by atoms with Gasteiger partial charge in [0.1, 0.15) is 6.07 Å². The minimum atomic E-state index is -1.00. The lowest BCUT2D eigenvalue weighted by Gasteiger charge is -2.36. The molecule has 1 aromatic carbocycles. The molecule has 5 heteroatoms. The topological polar surface area (TPSA) is 67.6 Å². The molecule has 106 valence electrons. The van der Waals surface area contributed by atoms with Gasteiger partial charge in [-0.05, 0) is 51.2 Å². The number of rotatable bonds is 3. The third-order valence-corrected chi connectivity index (χ3v) is 3.98. The molecule has 0 amide bonds. The Labute approximate surface area is 119 Å². The number of likely N-dealkylation sites (tertiary alicyclic amines) is 1. The minimum absolute atomic E-state index is 0.155. The Morgan fingerprint density at radius 1 is 1.45 bits per heavy atom. The molecular formula is C15H19N3O2. The Balaban J connectivity index is 2.23. The molecule has 5 nitrogen and oxygen atoms in total. The van der Waals surface area contributed by atoms with E-state index in [9.17, 15) is 10.1 Å². The molecule has 1 heterocycles. The Hall–Kier alpha value is -2.06. The van der Waals surface area contributed by atoms with Gasteiger partial charge in [0, 0.05) is 13.1 Å². The van der Waals surface area contributed by atoms with Gasteiger partial charge in [-0.3, -0.25) is 0 Å². The zero-order valence-electron chi connectivity index (χ0n) is 11.8. The monoisotopic (exact) mass is 273 g/mol. The second-order valence-corrected chi connectivity index (χ2v) is 5.29. The Morgan fingerprint density at radius 2 is 2.10 bits per heavy atom. The Bertz CT molecular complexity index is 543. The molecule has 0 saturated carbocycles. The first-order valence-electron chi connectivity index (χ1n) is 6.71. The summed E-state index contributed by atoms with van der Waals surface area (Å²) in [6.07, 6.45) is 2.11. The summed E-state index contributed by atoms with van der Waals surface area (Å²) in [4.78, 5) is 15.4. The average molecular weight is 273 g/mol. The highest BCUT2D eigenvalue weighted by Gasteiger charge is 2.22. The smallest absolute Gasteiger partial charge is 0.335 e. The SMILES string of the molecule is CN1CCC(N(C)c2ccc(C(=O)O)cc2C#N)CC1. The van der Waals surface area contributed by atoms with Gasteiger partial charge in [-0.15, -0.1) is 0 Å². The summed E-state index contributed by atoms with van der Waals surface area (Å²) in [7, 11) is 4.09. The predicted molar refractivity (Wildman–Crippen MR) is 77.0 cm³/mol. The quantitative estimate of drug-likeness (QED) is 0.909. The maximum atomic E-state index is 11.0. The van der Waals surface area contributed by atoms with Gasteiger partial charge in [-0.2, -0.15) is 5.26 Å². The van der Waals surface area contributed by atoms with Crippen molar-refractivity contribution >= 4 is 11.7 Å². The molecule has 0 aliphatic carbocycles. The molecular weight excluding hydrogens is 254 g/mol. The molecule has 0 atom stereocenters. The molecule has 1 saturated heterocycles. The number of carboxylic acid groups (broad SMARTS) is 1. The third-order valence-electron chi connectivity index (χ3n) is 3.98. The lowest BCUT2D eigenvalue weighted by atomic mass is 10.0. The van der Waals surface area contributed by atoms with Crippen LogP contribution in [-0.2, 0) is 0 Å². The summed E-state index contributed by atoms with van der Waals surface area (Å²) in [6, 6.07) is 7.24. The average Bonchev–Trinajstić information content (AvgIpc) is 2.46. The summed E-state index contributed by atoms with van der Waals surface area (Å²) in [5.74, 6) is -1.00. The first-order chi connectivity index (χ1) is 9.52. The maximum absolute atomic E-state index is 11.0. The number of hydrogen-bond donors (Lipinski definition) is 1. The number of hydrogen-bond acceptors (Lipinski definition) is 4. The lowest BCUT2D eigenvalue weighted by Crippen LogP contribution is -2.42. The summed E-state index contributed by atoms with van der Waals surface area (Å²) in [5, 5.41) is 18.2. The van der Waals surface area contributed by atoms with E-state index in [-0.39, 0.29) is 5.56 Å². The molecule has 1 aromatic rings. The van der Waals surface area contributed by atoms with Gasteiger partial charge in [0.25, 0.3) is 0 Å². The largest absolute Gasteiger partial charge is 0.478 e. The van der Waals surface area contributed by atoms with Crippen molar-refractivity contribution in [3.8, 4) is 6.07 Å². The third kappa shape index (κ3) is 2.91. The second kappa shape index (κ2) is 5.93. The van der Waals surface area contributed by atoms with Crippen molar-refractivity contribution in [3.05, 3.63) is 29.3 Å². The number of benzene rings is 1. The van der Waals surface area contributed by atoms with Crippen LogP contribution in [0.5, 0.6) is 0 Å². The van der Waals surface area contributed by atoms with E-state index in [1.54, 1.807) is 12.1 Å². The standard InChI is InChI=1S/C15H19N3O2/c1-17-7-5-13(6-8-17)18(2)14-4-3-11(15(19)20)9-12(14)10-16/h3-4,9,13H,5-8H2,1-2H3,(H,19,20). The van der Waals surface area contributed by atoms with Crippen molar-refractivity contribution < 1.29 is 9.90 Å². The molecule has 0 radical (unpaired) electrons. The summed E-state index contributed by atoms with van der Waals surface area (Å²) >= 11 is 0. The van der Waals surface area contributed by atoms with E-state index < -0.39 is 5.97 Å². The minimum Gasteiger partial charge on any atom is -0.478 e. The number of nitrogens with zero attached hydrogens (tertiary/aromatic N) is 3. The van der Waals surface area contributed by atoms with Crippen molar-refractivity contribution in [2.45, 2.75) is 18.9 Å². The van der Waals surface area contributed by atoms with E-state index in [2.05, 4.69) is 22.9 Å². The molecule has 1 aliphatic rings. The molecule has 0 unspecified atom stereocenters. The van der Waals surface area contributed by atoms with Crippen LogP contribution in [0.1, 0.15) is 28.8 Å². The molecule has 0 bridgehead atoms. The summed E-state index contributed by atoms with van der Waals surface area (Å²) in [6.45, 7) is 2.09. The van der Waals surface area contributed by atoms with E-state index in [4.69, 9.17) is 5.11 Å². The van der Waals surface area contributed by atoms with Crippen molar-refractivity contribution in [2.24, 2.45) is 0 Å². The zero-order chi connectivity index (χ0) is 14.7. The molecule has 1 aliphatic heterocycles. The van der Waals surface area contributed by atoms with Gasteiger partial charge in [0.2, 0.25) is 0 Å².